The Morgan fingerprint density at radius 3 is 2.53 bits per heavy atom. The summed E-state index contributed by atoms with van der Waals surface area (Å²) in [7, 11) is 0. The van der Waals surface area contributed by atoms with Crippen LogP contribution in [0.4, 0.5) is 0 Å². The predicted octanol–water partition coefficient (Wildman–Crippen LogP) is -0.442. The molecule has 0 aliphatic rings. The molecule has 106 valence electrons. The van der Waals surface area contributed by atoms with Gasteiger partial charge in [-0.1, -0.05) is 11.8 Å². The van der Waals surface area contributed by atoms with Crippen molar-refractivity contribution in [3.63, 3.8) is 0 Å². The number of aliphatic hydroxyl groups is 1. The number of hydrogen-bond acceptors (Lipinski definition) is 6. The van der Waals surface area contributed by atoms with E-state index in [0.717, 1.165) is 11.8 Å². The van der Waals surface area contributed by atoms with Gasteiger partial charge in [0.25, 0.3) is 0 Å². The molecule has 1 rings (SSSR count). The van der Waals surface area contributed by atoms with Gasteiger partial charge >= 0.3 is 5.97 Å². The molecule has 0 unspecified atom stereocenters. The normalized spacial score (nSPS) is 11.5. The number of aliphatic hydroxyl groups excluding tert-OH is 1. The second-order valence-electron chi connectivity index (χ2n) is 4.53. The van der Waals surface area contributed by atoms with Gasteiger partial charge in [0.15, 0.2) is 11.0 Å². The Kier molecular flexibility index (Phi) is 4.90. The molecular weight excluding hydrogens is 272 g/mol. The molecule has 0 aromatic carbocycles. The molecule has 1 heterocycles. The number of hydrogen-bond donors (Lipinski definition) is 3. The van der Waals surface area contributed by atoms with E-state index < -0.39 is 17.4 Å². The van der Waals surface area contributed by atoms with Crippen LogP contribution in [0, 0.1) is 0 Å². The summed E-state index contributed by atoms with van der Waals surface area (Å²) >= 11 is 0.972. The van der Waals surface area contributed by atoms with E-state index in [9.17, 15) is 14.7 Å². The first-order valence-corrected chi connectivity index (χ1v) is 6.45. The lowest BCUT2D eigenvalue weighted by Crippen LogP contribution is -2.34. The lowest BCUT2D eigenvalue weighted by atomic mass is 10.00. The zero-order valence-corrected chi connectivity index (χ0v) is 11.5. The van der Waals surface area contributed by atoms with Gasteiger partial charge < -0.3 is 15.9 Å². The maximum Gasteiger partial charge on any atom is 0.313 e. The highest BCUT2D eigenvalue weighted by Crippen LogP contribution is 2.28. The van der Waals surface area contributed by atoms with Crippen LogP contribution < -0.4 is 5.73 Å². The number of carboxylic acid groups (broad SMARTS) is 1. The molecule has 8 nitrogen and oxygen atoms in total. The predicted molar refractivity (Wildman–Crippen MR) is 67.4 cm³/mol. The topological polar surface area (TPSA) is 131 Å². The number of amides is 1. The number of carbonyl (C=O) groups excluding carboxylic acids is 1. The summed E-state index contributed by atoms with van der Waals surface area (Å²) < 4.78 is 1.55. The SMILES string of the molecule is CC(C)(CC(N)=O)n1c(CO)nnc1SCC(=O)O. The van der Waals surface area contributed by atoms with E-state index in [-0.39, 0.29) is 24.6 Å². The first-order valence-electron chi connectivity index (χ1n) is 5.46. The van der Waals surface area contributed by atoms with Gasteiger partial charge in [0, 0.05) is 6.42 Å². The van der Waals surface area contributed by atoms with Crippen LogP contribution in [-0.4, -0.2) is 42.6 Å². The number of carboxylic acids is 1. The Bertz CT molecular complexity index is 486. The van der Waals surface area contributed by atoms with Crippen LogP contribution >= 0.6 is 11.8 Å². The maximum atomic E-state index is 11.1. The third kappa shape index (κ3) is 3.93. The minimum Gasteiger partial charge on any atom is -0.481 e. The highest BCUT2D eigenvalue weighted by molar-refractivity contribution is 7.99. The maximum absolute atomic E-state index is 11.1. The van der Waals surface area contributed by atoms with E-state index >= 15 is 0 Å². The average Bonchev–Trinajstić information content (AvgIpc) is 2.68. The monoisotopic (exact) mass is 288 g/mol. The number of nitrogens with zero attached hydrogens (tertiary/aromatic N) is 3. The van der Waals surface area contributed by atoms with Crippen molar-refractivity contribution in [2.45, 2.75) is 37.6 Å². The fraction of sp³-hybridized carbons (Fsp3) is 0.600. The molecular formula is C10H16N4O4S. The van der Waals surface area contributed by atoms with E-state index in [1.165, 1.54) is 0 Å². The Morgan fingerprint density at radius 2 is 2.05 bits per heavy atom. The summed E-state index contributed by atoms with van der Waals surface area (Å²) in [6.45, 7) is 3.12. The quantitative estimate of drug-likeness (QED) is 0.579. The standard InChI is InChI=1S/C10H16N4O4S/c1-10(2,3-6(11)16)14-7(4-15)12-13-9(14)19-5-8(17)18/h15H,3-5H2,1-2H3,(H2,11,16)(H,17,18). The van der Waals surface area contributed by atoms with Crippen LogP contribution in [0.2, 0.25) is 0 Å². The van der Waals surface area contributed by atoms with E-state index in [1.807, 2.05) is 0 Å². The largest absolute Gasteiger partial charge is 0.481 e. The van der Waals surface area contributed by atoms with Gasteiger partial charge in [-0.2, -0.15) is 0 Å². The molecule has 1 amide bonds. The minimum absolute atomic E-state index is 0.0265. The number of thioether (sulfide) groups is 1. The smallest absolute Gasteiger partial charge is 0.313 e. The molecule has 9 heteroatoms. The number of carbonyl (C=O) groups is 2. The molecule has 0 radical (unpaired) electrons. The number of aromatic nitrogens is 3. The molecule has 4 N–H and O–H groups in total. The van der Waals surface area contributed by atoms with Crippen molar-refractivity contribution < 1.29 is 19.8 Å². The Labute approximate surface area is 114 Å². The van der Waals surface area contributed by atoms with Gasteiger partial charge in [-0.15, -0.1) is 10.2 Å². The Morgan fingerprint density at radius 1 is 1.42 bits per heavy atom. The van der Waals surface area contributed by atoms with Gasteiger partial charge in [0.2, 0.25) is 5.91 Å². The van der Waals surface area contributed by atoms with Crippen LogP contribution in [0.1, 0.15) is 26.1 Å². The molecule has 0 aliphatic carbocycles. The summed E-state index contributed by atoms with van der Waals surface area (Å²) in [5, 5.41) is 25.9. The summed E-state index contributed by atoms with van der Waals surface area (Å²) in [6.07, 6.45) is 0.0265. The van der Waals surface area contributed by atoms with Crippen molar-refractivity contribution in [2.75, 3.05) is 5.75 Å². The van der Waals surface area contributed by atoms with Gasteiger partial charge in [0.1, 0.15) is 6.61 Å². The fourth-order valence-electron chi connectivity index (χ4n) is 1.74. The molecule has 1 aromatic heterocycles. The summed E-state index contributed by atoms with van der Waals surface area (Å²) in [5.41, 5.74) is 4.45. The molecule has 0 bridgehead atoms. The highest BCUT2D eigenvalue weighted by Gasteiger charge is 2.29. The van der Waals surface area contributed by atoms with Crippen LogP contribution in [0.15, 0.2) is 5.16 Å². The summed E-state index contributed by atoms with van der Waals surface area (Å²) in [6, 6.07) is 0. The summed E-state index contributed by atoms with van der Waals surface area (Å²) in [5.74, 6) is -1.41. The lowest BCUT2D eigenvalue weighted by Gasteiger charge is -2.27. The Hall–Kier alpha value is -1.61. The first kappa shape index (κ1) is 15.4. The van der Waals surface area contributed by atoms with Crippen LogP contribution in [0.3, 0.4) is 0 Å². The van der Waals surface area contributed by atoms with Gasteiger partial charge in [-0.3, -0.25) is 14.2 Å². The van der Waals surface area contributed by atoms with E-state index in [2.05, 4.69) is 10.2 Å². The molecule has 0 saturated heterocycles. The number of nitrogens with two attached hydrogens (primary N) is 1. The zero-order valence-electron chi connectivity index (χ0n) is 10.7. The van der Waals surface area contributed by atoms with Gasteiger partial charge in [-0.25, -0.2) is 0 Å². The molecule has 0 aliphatic heterocycles. The lowest BCUT2D eigenvalue weighted by molar-refractivity contribution is -0.134. The molecule has 0 atom stereocenters. The van der Waals surface area contributed by atoms with Crippen LogP contribution in [-0.2, 0) is 21.7 Å². The number of primary amides is 1. The third-order valence-corrected chi connectivity index (χ3v) is 3.29. The van der Waals surface area contributed by atoms with Crippen LogP contribution in [0.5, 0.6) is 0 Å². The molecule has 0 saturated carbocycles. The van der Waals surface area contributed by atoms with Crippen molar-refractivity contribution in [1.82, 2.24) is 14.8 Å². The van der Waals surface area contributed by atoms with Crippen molar-refractivity contribution in [3.8, 4) is 0 Å². The molecule has 19 heavy (non-hydrogen) atoms. The summed E-state index contributed by atoms with van der Waals surface area (Å²) in [4.78, 5) is 21.7. The number of aliphatic carboxylic acids is 1. The van der Waals surface area contributed by atoms with Crippen molar-refractivity contribution >= 4 is 23.6 Å². The van der Waals surface area contributed by atoms with Gasteiger partial charge in [0.05, 0.1) is 11.3 Å². The van der Waals surface area contributed by atoms with Gasteiger partial charge in [-0.05, 0) is 13.8 Å². The molecule has 0 spiro atoms. The van der Waals surface area contributed by atoms with E-state index in [4.69, 9.17) is 10.8 Å². The van der Waals surface area contributed by atoms with E-state index in [1.54, 1.807) is 18.4 Å². The average molecular weight is 288 g/mol. The fourth-order valence-corrected chi connectivity index (χ4v) is 2.57. The highest BCUT2D eigenvalue weighted by atomic mass is 32.2. The second kappa shape index (κ2) is 6.02. The zero-order chi connectivity index (χ0) is 14.6. The van der Waals surface area contributed by atoms with Crippen molar-refractivity contribution in [1.29, 1.82) is 0 Å². The third-order valence-electron chi connectivity index (χ3n) is 2.38. The van der Waals surface area contributed by atoms with Crippen molar-refractivity contribution in [3.05, 3.63) is 5.82 Å². The van der Waals surface area contributed by atoms with E-state index in [0.29, 0.717) is 5.16 Å². The molecule has 0 fully saturated rings. The molecule has 1 aromatic rings. The van der Waals surface area contributed by atoms with Crippen LogP contribution in [0.25, 0.3) is 0 Å². The Balaban J connectivity index is 3.11. The minimum atomic E-state index is -0.988. The first-order chi connectivity index (χ1) is 8.77. The number of rotatable bonds is 7. The second-order valence-corrected chi connectivity index (χ2v) is 5.47. The van der Waals surface area contributed by atoms with Crippen molar-refractivity contribution in [2.24, 2.45) is 5.73 Å².